The molecule has 0 radical (unpaired) electrons. The summed E-state index contributed by atoms with van der Waals surface area (Å²) < 4.78 is 57.0. The number of halogens is 3. The van der Waals surface area contributed by atoms with Gasteiger partial charge in [-0.25, -0.2) is 19.7 Å². The lowest BCUT2D eigenvalue weighted by atomic mass is 10.0. The summed E-state index contributed by atoms with van der Waals surface area (Å²) in [5.74, 6) is 5.21. The van der Waals surface area contributed by atoms with Crippen LogP contribution in [0.15, 0.2) is 54.7 Å². The van der Waals surface area contributed by atoms with Crippen LogP contribution in [0.4, 0.5) is 29.6 Å². The summed E-state index contributed by atoms with van der Waals surface area (Å²) in [4.78, 5) is 51.2. The lowest BCUT2D eigenvalue weighted by Gasteiger charge is -2.42. The standard InChI is InChI=1S/C46H56F3N7O5Si/c1-44(2,3)60-43(59)56-22-19-37-35(41(56)58)26-38(54(37)7)40-31(27-51-42(50)53-40)14-13-29-11-10-12-30(23-29)24-39(57)52-33-16-15-32(36(25-33)46(47,48)49)28-55-20-17-34(18-21-55)61-62(8,9)45(4,5)6/h10-12,15-16,23,25-27,34H,17-22,24,28H2,1-9H3,(H,52,57)(H2,50,51,53). The Morgan fingerprint density at radius 1 is 0.984 bits per heavy atom. The van der Waals surface area contributed by atoms with Gasteiger partial charge in [-0.3, -0.25) is 14.5 Å². The summed E-state index contributed by atoms with van der Waals surface area (Å²) in [7, 11) is -0.154. The first-order chi connectivity index (χ1) is 28.9. The van der Waals surface area contributed by atoms with Crippen LogP contribution in [-0.4, -0.2) is 81.9 Å². The van der Waals surface area contributed by atoms with Gasteiger partial charge in [-0.2, -0.15) is 13.2 Å². The predicted octanol–water partition coefficient (Wildman–Crippen LogP) is 8.58. The van der Waals surface area contributed by atoms with Crippen LogP contribution in [-0.2, 0) is 46.6 Å². The second-order valence-corrected chi connectivity index (χ2v) is 23.3. The summed E-state index contributed by atoms with van der Waals surface area (Å²) in [5, 5.41) is 2.72. The van der Waals surface area contributed by atoms with Crippen molar-refractivity contribution in [3.05, 3.63) is 93.8 Å². The highest BCUT2D eigenvalue weighted by molar-refractivity contribution is 6.74. The number of nitrogens with one attached hydrogen (secondary N) is 1. The van der Waals surface area contributed by atoms with E-state index < -0.39 is 43.6 Å². The van der Waals surface area contributed by atoms with Crippen molar-refractivity contribution in [2.45, 2.75) is 110 Å². The molecular formula is C46H56F3N7O5Si. The highest BCUT2D eigenvalue weighted by Gasteiger charge is 2.40. The first-order valence-electron chi connectivity index (χ1n) is 20.8. The van der Waals surface area contributed by atoms with Gasteiger partial charge in [0.25, 0.3) is 5.91 Å². The van der Waals surface area contributed by atoms with E-state index in [1.807, 2.05) is 9.47 Å². The topological polar surface area (TPSA) is 145 Å². The average molecular weight is 872 g/mol. The maximum Gasteiger partial charge on any atom is 0.417 e. The zero-order valence-corrected chi connectivity index (χ0v) is 37.9. The van der Waals surface area contributed by atoms with Crippen molar-refractivity contribution in [2.75, 3.05) is 30.7 Å². The molecule has 1 fully saturated rings. The largest absolute Gasteiger partial charge is 0.443 e. The number of alkyl halides is 3. The van der Waals surface area contributed by atoms with Crippen molar-refractivity contribution < 1.29 is 36.7 Å². The van der Waals surface area contributed by atoms with Crippen molar-refractivity contribution >= 4 is 37.9 Å². The van der Waals surface area contributed by atoms with Crippen molar-refractivity contribution in [2.24, 2.45) is 7.05 Å². The number of carbonyl (C=O) groups excluding carboxylic acids is 3. The third-order valence-corrected chi connectivity index (χ3v) is 16.1. The summed E-state index contributed by atoms with van der Waals surface area (Å²) in [6.45, 7) is 17.8. The van der Waals surface area contributed by atoms with Gasteiger partial charge in [0.15, 0.2) is 8.32 Å². The van der Waals surface area contributed by atoms with Crippen LogP contribution in [0.5, 0.6) is 0 Å². The molecule has 1 saturated heterocycles. The number of ether oxygens (including phenoxy) is 1. The molecule has 6 rings (SSSR count). The van der Waals surface area contributed by atoms with Gasteiger partial charge in [0.1, 0.15) is 11.3 Å². The van der Waals surface area contributed by atoms with Crippen LogP contribution >= 0.6 is 0 Å². The van der Waals surface area contributed by atoms with Gasteiger partial charge >= 0.3 is 12.3 Å². The van der Waals surface area contributed by atoms with E-state index in [-0.39, 0.29) is 47.9 Å². The second kappa shape index (κ2) is 17.7. The van der Waals surface area contributed by atoms with E-state index in [2.05, 4.69) is 61.0 Å². The minimum absolute atomic E-state index is 0.000427. The number of nitrogens with zero attached hydrogens (tertiary/aromatic N) is 5. The van der Waals surface area contributed by atoms with Gasteiger partial charge in [-0.1, -0.05) is 50.8 Å². The summed E-state index contributed by atoms with van der Waals surface area (Å²) in [5.41, 5.74) is 8.24. The molecule has 2 aromatic heterocycles. The molecular weight excluding hydrogens is 816 g/mol. The number of likely N-dealkylation sites (tertiary alicyclic amines) is 1. The molecule has 16 heteroatoms. The second-order valence-electron chi connectivity index (χ2n) is 18.5. The molecule has 3 amide bonds. The van der Waals surface area contributed by atoms with Gasteiger partial charge in [0.05, 0.1) is 28.8 Å². The fraction of sp³-hybridized carbons (Fsp3) is 0.457. The van der Waals surface area contributed by atoms with Crippen LogP contribution in [0.25, 0.3) is 11.4 Å². The Labute approximate surface area is 362 Å². The van der Waals surface area contributed by atoms with Crippen LogP contribution in [0.1, 0.15) is 98.3 Å². The average Bonchev–Trinajstić information content (AvgIpc) is 3.50. The first kappa shape index (κ1) is 46.0. The number of benzene rings is 2. The Hall–Kier alpha value is -5.50. The number of imide groups is 1. The monoisotopic (exact) mass is 871 g/mol. The number of hydrogen-bond acceptors (Lipinski definition) is 9. The molecule has 0 aliphatic carbocycles. The van der Waals surface area contributed by atoms with E-state index in [4.69, 9.17) is 14.9 Å². The maximum absolute atomic E-state index is 14.4. The number of carbonyl (C=O) groups is 3. The molecule has 0 saturated carbocycles. The van der Waals surface area contributed by atoms with Gasteiger partial charge < -0.3 is 24.8 Å². The lowest BCUT2D eigenvalue weighted by Crippen LogP contribution is -2.47. The van der Waals surface area contributed by atoms with Gasteiger partial charge in [-0.05, 0) is 93.2 Å². The molecule has 3 N–H and O–H groups in total. The molecule has 0 atom stereocenters. The van der Waals surface area contributed by atoms with Gasteiger partial charge in [0.2, 0.25) is 11.9 Å². The molecule has 2 aromatic carbocycles. The summed E-state index contributed by atoms with van der Waals surface area (Å²) in [6.07, 6.45) is -1.91. The number of amides is 3. The minimum Gasteiger partial charge on any atom is -0.443 e. The number of piperidine rings is 1. The van der Waals surface area contributed by atoms with Crippen LogP contribution < -0.4 is 11.1 Å². The molecule has 0 unspecified atom stereocenters. The zero-order valence-electron chi connectivity index (χ0n) is 36.9. The Bertz CT molecular complexity index is 2420. The predicted molar refractivity (Wildman–Crippen MR) is 235 cm³/mol. The molecule has 0 bridgehead atoms. The number of anilines is 2. The van der Waals surface area contributed by atoms with Gasteiger partial charge in [0, 0.05) is 68.9 Å². The van der Waals surface area contributed by atoms with E-state index in [9.17, 15) is 27.6 Å². The molecule has 12 nitrogen and oxygen atoms in total. The number of hydrogen-bond donors (Lipinski definition) is 2. The molecule has 2 aliphatic rings. The highest BCUT2D eigenvalue weighted by atomic mass is 28.4. The molecule has 62 heavy (non-hydrogen) atoms. The Balaban J connectivity index is 1.12. The lowest BCUT2D eigenvalue weighted by molar-refractivity contribution is -0.138. The van der Waals surface area contributed by atoms with Crippen molar-refractivity contribution in [1.82, 2.24) is 24.3 Å². The van der Waals surface area contributed by atoms with Gasteiger partial charge in [-0.15, -0.1) is 0 Å². The van der Waals surface area contributed by atoms with Crippen LogP contribution in [0.2, 0.25) is 18.1 Å². The van der Waals surface area contributed by atoms with E-state index in [0.717, 1.165) is 29.5 Å². The zero-order chi connectivity index (χ0) is 45.4. The Kier molecular flexibility index (Phi) is 13.1. The first-order valence-corrected chi connectivity index (χ1v) is 23.7. The number of aromatic nitrogens is 3. The number of nitrogen functional groups attached to an aromatic ring is 1. The van der Waals surface area contributed by atoms with Crippen molar-refractivity contribution in [3.63, 3.8) is 0 Å². The number of fused-ring (bicyclic) bond motifs is 1. The molecule has 330 valence electrons. The highest BCUT2D eigenvalue weighted by Crippen LogP contribution is 2.39. The van der Waals surface area contributed by atoms with Crippen LogP contribution in [0, 0.1) is 11.8 Å². The van der Waals surface area contributed by atoms with E-state index in [1.54, 1.807) is 58.2 Å². The third-order valence-electron chi connectivity index (χ3n) is 11.6. The summed E-state index contributed by atoms with van der Waals surface area (Å²) in [6, 6.07) is 12.6. The Morgan fingerprint density at radius 3 is 2.35 bits per heavy atom. The van der Waals surface area contributed by atoms with E-state index in [1.165, 1.54) is 18.3 Å². The smallest absolute Gasteiger partial charge is 0.417 e. The minimum atomic E-state index is -4.61. The third kappa shape index (κ3) is 10.9. The van der Waals surface area contributed by atoms with E-state index >= 15 is 0 Å². The van der Waals surface area contributed by atoms with Crippen molar-refractivity contribution in [1.29, 1.82) is 0 Å². The molecule has 4 heterocycles. The SMILES string of the molecule is Cn1c(-c2nc(N)ncc2C#Cc2cccc(CC(=O)Nc3ccc(CN4CCC(O[Si](C)(C)C(C)(C)C)CC4)c(C(F)(F)F)c3)c2)cc2c1CCN(C(=O)OC(C)(C)C)C2=O. The Morgan fingerprint density at radius 2 is 1.69 bits per heavy atom. The summed E-state index contributed by atoms with van der Waals surface area (Å²) >= 11 is 0. The molecule has 4 aromatic rings. The number of nitrogens with two attached hydrogens (primary N) is 1. The van der Waals surface area contributed by atoms with Crippen LogP contribution in [0.3, 0.4) is 0 Å². The normalized spacial score (nSPS) is 15.5. The van der Waals surface area contributed by atoms with Crippen molar-refractivity contribution in [3.8, 4) is 23.2 Å². The fourth-order valence-electron chi connectivity index (χ4n) is 7.36. The fourth-order valence-corrected chi connectivity index (χ4v) is 8.78. The maximum atomic E-state index is 14.4. The number of rotatable bonds is 8. The molecule has 2 aliphatic heterocycles. The molecule has 0 spiro atoms. The quantitative estimate of drug-likeness (QED) is 0.131. The van der Waals surface area contributed by atoms with E-state index in [0.29, 0.717) is 53.2 Å².